The molecule has 2 nitrogen and oxygen atoms in total. The highest BCUT2D eigenvalue weighted by Gasteiger charge is 2.52. The fourth-order valence-electron chi connectivity index (χ4n) is 12.1. The fraction of sp³-hybridized carbons (Fsp3) is 0.443. The van der Waals surface area contributed by atoms with Gasteiger partial charge in [0.2, 0.25) is 0 Å². The molecule has 2 aliphatic carbocycles. The van der Waals surface area contributed by atoms with Crippen molar-refractivity contribution < 1.29 is 0 Å². The summed E-state index contributed by atoms with van der Waals surface area (Å²) < 4.78 is 1.52. The van der Waals surface area contributed by atoms with E-state index in [1.54, 1.807) is 10.4 Å². The van der Waals surface area contributed by atoms with E-state index in [1.807, 2.05) is 0 Å². The molecule has 4 aliphatic rings. The Bertz CT molecular complexity index is 2930. The van der Waals surface area contributed by atoms with E-state index < -0.39 is 8.80 Å². The molecule has 0 radical (unpaired) electrons. The van der Waals surface area contributed by atoms with Gasteiger partial charge in [-0.2, -0.15) is 11.3 Å². The van der Waals surface area contributed by atoms with Crippen molar-refractivity contribution >= 4 is 81.9 Å². The lowest BCUT2D eigenvalue weighted by Crippen LogP contribution is -2.61. The van der Waals surface area contributed by atoms with Crippen LogP contribution in [0, 0.1) is 6.92 Å². The Labute approximate surface area is 405 Å². The second kappa shape index (κ2) is 14.8. The molecular formula is C61H75BN2SSi. The second-order valence-electron chi connectivity index (χ2n) is 25.9. The summed E-state index contributed by atoms with van der Waals surface area (Å²) in [5.41, 5.74) is 22.4. The summed E-state index contributed by atoms with van der Waals surface area (Å²) in [6.45, 7) is 41.5. The van der Waals surface area contributed by atoms with Gasteiger partial charge >= 0.3 is 0 Å². The van der Waals surface area contributed by atoms with Crippen molar-refractivity contribution in [2.24, 2.45) is 0 Å². The predicted molar refractivity (Wildman–Crippen MR) is 295 cm³/mol. The van der Waals surface area contributed by atoms with Crippen LogP contribution < -0.4 is 30.7 Å². The van der Waals surface area contributed by atoms with E-state index in [0.717, 1.165) is 0 Å². The molecule has 0 N–H and O–H groups in total. The Kier molecular flexibility index (Phi) is 10.2. The molecule has 0 saturated carbocycles. The first-order valence-electron chi connectivity index (χ1n) is 25.2. The number of thiophene rings is 1. The summed E-state index contributed by atoms with van der Waals surface area (Å²) in [7, 11) is -0.967. The van der Waals surface area contributed by atoms with E-state index in [-0.39, 0.29) is 39.2 Å². The first-order chi connectivity index (χ1) is 30.7. The summed E-state index contributed by atoms with van der Waals surface area (Å²) in [6.07, 6.45) is 4.75. The number of anilines is 6. The van der Waals surface area contributed by atoms with Crippen LogP contribution in [0.2, 0.25) is 13.1 Å². The highest BCUT2D eigenvalue weighted by molar-refractivity contribution is 7.29. The zero-order chi connectivity index (χ0) is 47.4. The molecule has 0 saturated heterocycles. The molecule has 0 atom stereocenters. The van der Waals surface area contributed by atoms with Gasteiger partial charge in [0.15, 0.2) is 0 Å². The van der Waals surface area contributed by atoms with Crippen LogP contribution in [0.4, 0.5) is 34.1 Å². The van der Waals surface area contributed by atoms with Crippen molar-refractivity contribution in [2.45, 2.75) is 175 Å². The Balaban J connectivity index is 1.35. The lowest BCUT2D eigenvalue weighted by atomic mass is 9.35. The van der Waals surface area contributed by atoms with E-state index >= 15 is 0 Å². The number of nitrogens with zero attached hydrogens (tertiary/aromatic N) is 2. The minimum Gasteiger partial charge on any atom is -0.311 e. The highest BCUT2D eigenvalue weighted by Crippen LogP contribution is 2.57. The van der Waals surface area contributed by atoms with E-state index in [4.69, 9.17) is 0 Å². The van der Waals surface area contributed by atoms with Crippen molar-refractivity contribution in [3.63, 3.8) is 0 Å². The lowest BCUT2D eigenvalue weighted by Gasteiger charge is -2.48. The van der Waals surface area contributed by atoms with Gasteiger partial charge in [-0.15, -0.1) is 0 Å². The van der Waals surface area contributed by atoms with Crippen molar-refractivity contribution in [3.8, 4) is 11.1 Å². The molecule has 5 aromatic carbocycles. The largest absolute Gasteiger partial charge is 0.311 e. The standard InChI is InChI=1S/C61H75BN2SSi/c1-37-32-49-52-50(33-37)64(47-27-22-40(57(5,6)7)34-43(47)38-18-25-42(26-19-38)66(16)17)48-36-45-44(58(8,9)28-29-59(45,10)11)35-46(48)62(52)55-53(51-54(65-55)61(14,15)31-30-60(51,12)13)63(49)41-23-20-39(21-24-41)56(2,3)4/h18-27,32-36,66H,28-31H2,1-17H3. The molecule has 66 heavy (non-hydrogen) atoms. The minimum atomic E-state index is -0.967. The Morgan fingerprint density at radius 3 is 1.70 bits per heavy atom. The van der Waals surface area contributed by atoms with E-state index in [1.165, 1.54) is 120 Å². The average molecular weight is 907 g/mol. The third-order valence-corrected chi connectivity index (χ3v) is 20.0. The van der Waals surface area contributed by atoms with Crippen LogP contribution >= 0.6 is 11.3 Å². The molecule has 5 heteroatoms. The number of benzene rings is 5. The van der Waals surface area contributed by atoms with Crippen LogP contribution in [0.15, 0.2) is 91.0 Å². The summed E-state index contributed by atoms with van der Waals surface area (Å²) in [5.74, 6) is 0. The quantitative estimate of drug-likeness (QED) is 0.162. The third-order valence-electron chi connectivity index (χ3n) is 16.6. The number of aryl methyl sites for hydroxylation is 1. The molecule has 0 unspecified atom stereocenters. The van der Waals surface area contributed by atoms with E-state index in [2.05, 4.69) is 229 Å². The van der Waals surface area contributed by atoms with Crippen molar-refractivity contribution in [1.29, 1.82) is 0 Å². The van der Waals surface area contributed by atoms with Crippen LogP contribution in [0.25, 0.3) is 11.1 Å². The van der Waals surface area contributed by atoms with Crippen molar-refractivity contribution in [1.82, 2.24) is 0 Å². The van der Waals surface area contributed by atoms with Gasteiger partial charge in [-0.3, -0.25) is 0 Å². The fourth-order valence-corrected chi connectivity index (χ4v) is 14.8. The van der Waals surface area contributed by atoms with Gasteiger partial charge in [-0.25, -0.2) is 0 Å². The lowest BCUT2D eigenvalue weighted by molar-refractivity contribution is 0.332. The highest BCUT2D eigenvalue weighted by atomic mass is 32.1. The Hall–Kier alpha value is -4.32. The van der Waals surface area contributed by atoms with Crippen molar-refractivity contribution in [3.05, 3.63) is 129 Å². The van der Waals surface area contributed by atoms with E-state index in [0.29, 0.717) is 0 Å². The number of hydrogen-bond acceptors (Lipinski definition) is 3. The molecule has 0 amide bonds. The molecule has 6 aromatic rings. The van der Waals surface area contributed by atoms with Crippen LogP contribution in [0.3, 0.4) is 0 Å². The van der Waals surface area contributed by atoms with Gasteiger partial charge in [0.1, 0.15) is 0 Å². The maximum Gasteiger partial charge on any atom is 0.264 e. The first kappa shape index (κ1) is 45.5. The molecule has 1 aromatic heterocycles. The van der Waals surface area contributed by atoms with Gasteiger partial charge in [-0.05, 0) is 157 Å². The van der Waals surface area contributed by atoms with E-state index in [9.17, 15) is 0 Å². The van der Waals surface area contributed by atoms with Gasteiger partial charge in [0.05, 0.1) is 20.2 Å². The van der Waals surface area contributed by atoms with Crippen molar-refractivity contribution in [2.75, 3.05) is 9.80 Å². The van der Waals surface area contributed by atoms with Crippen LogP contribution in [0.1, 0.15) is 161 Å². The smallest absolute Gasteiger partial charge is 0.264 e. The summed E-state index contributed by atoms with van der Waals surface area (Å²) >= 11 is 2.14. The molecular weight excluding hydrogens is 832 g/mol. The molecule has 10 rings (SSSR count). The third kappa shape index (κ3) is 7.05. The molecule has 2 aliphatic heterocycles. The molecule has 0 spiro atoms. The molecule has 0 fully saturated rings. The SMILES string of the molecule is Cc1cc2c3c(c1)N(c1ccc(C(C)(C)C)cc1)c1c(sc4c1C(C)(C)CCC4(C)C)B3c1cc3c(cc1N2c1ccc(C(C)(C)C)cc1-c1ccc([SiH](C)C)cc1)C(C)(C)CCC3(C)C. The van der Waals surface area contributed by atoms with Gasteiger partial charge < -0.3 is 9.80 Å². The Morgan fingerprint density at radius 1 is 0.561 bits per heavy atom. The zero-order valence-corrected chi connectivity index (χ0v) is 45.4. The maximum atomic E-state index is 2.73. The average Bonchev–Trinajstić information content (AvgIpc) is 3.66. The van der Waals surface area contributed by atoms with Crippen LogP contribution in [-0.2, 0) is 32.5 Å². The summed E-state index contributed by atoms with van der Waals surface area (Å²) in [5, 5.41) is 1.51. The maximum absolute atomic E-state index is 2.73. The molecule has 3 heterocycles. The van der Waals surface area contributed by atoms with Gasteiger partial charge in [0.25, 0.3) is 6.71 Å². The zero-order valence-electron chi connectivity index (χ0n) is 43.4. The molecule has 0 bridgehead atoms. The second-order valence-corrected chi connectivity index (χ2v) is 29.9. The Morgan fingerprint density at radius 2 is 1.11 bits per heavy atom. The monoisotopic (exact) mass is 907 g/mol. The number of hydrogen-bond donors (Lipinski definition) is 0. The van der Waals surface area contributed by atoms with Crippen LogP contribution in [-0.4, -0.2) is 15.5 Å². The normalized spacial score (nSPS) is 18.7. The molecule has 342 valence electrons. The van der Waals surface area contributed by atoms with Crippen LogP contribution in [0.5, 0.6) is 0 Å². The predicted octanol–water partition coefficient (Wildman–Crippen LogP) is 14.8. The minimum absolute atomic E-state index is 0.000570. The first-order valence-corrected chi connectivity index (χ1v) is 28.9. The summed E-state index contributed by atoms with van der Waals surface area (Å²) in [6, 6.07) is 37.2. The van der Waals surface area contributed by atoms with Gasteiger partial charge in [-0.1, -0.05) is 164 Å². The number of fused-ring (bicyclic) bond motifs is 7. The van der Waals surface area contributed by atoms with Gasteiger partial charge in [0, 0.05) is 38.0 Å². The topological polar surface area (TPSA) is 6.48 Å². The summed E-state index contributed by atoms with van der Waals surface area (Å²) in [4.78, 5) is 7.05. The number of rotatable bonds is 4.